The van der Waals surface area contributed by atoms with E-state index in [0.717, 1.165) is 13.1 Å². The van der Waals surface area contributed by atoms with Gasteiger partial charge in [0, 0.05) is 13.1 Å². The highest BCUT2D eigenvalue weighted by atomic mass is 15.5. The molecule has 0 spiro atoms. The zero-order valence-corrected chi connectivity index (χ0v) is 8.09. The Morgan fingerprint density at radius 1 is 1.23 bits per heavy atom. The van der Waals surface area contributed by atoms with Crippen LogP contribution in [0.2, 0.25) is 0 Å². The van der Waals surface area contributed by atoms with Crippen LogP contribution in [0.5, 0.6) is 0 Å². The normalized spacial score (nSPS) is 17.5. The zero-order chi connectivity index (χ0) is 9.10. The van der Waals surface area contributed by atoms with Crippen molar-refractivity contribution >= 4 is 5.69 Å². The first-order valence-electron chi connectivity index (χ1n) is 4.94. The van der Waals surface area contributed by atoms with Gasteiger partial charge in [-0.05, 0) is 31.4 Å². The molecule has 1 N–H and O–H groups in total. The third-order valence-corrected chi connectivity index (χ3v) is 2.52. The SMILES string of the molecule is Cc1ccccc1N1CCCCN1. The van der Waals surface area contributed by atoms with Crippen molar-refractivity contribution in [3.63, 3.8) is 0 Å². The first kappa shape index (κ1) is 8.57. The summed E-state index contributed by atoms with van der Waals surface area (Å²) in [6, 6.07) is 8.51. The first-order valence-corrected chi connectivity index (χ1v) is 4.94. The molecule has 0 aliphatic carbocycles. The van der Waals surface area contributed by atoms with E-state index in [1.807, 2.05) is 0 Å². The Balaban J connectivity index is 2.18. The average Bonchev–Trinajstić information content (AvgIpc) is 2.20. The number of hydrogen-bond donors (Lipinski definition) is 1. The fourth-order valence-corrected chi connectivity index (χ4v) is 1.76. The number of para-hydroxylation sites is 1. The molecule has 1 aliphatic heterocycles. The smallest absolute Gasteiger partial charge is 0.0548 e. The summed E-state index contributed by atoms with van der Waals surface area (Å²) in [5.41, 5.74) is 6.08. The van der Waals surface area contributed by atoms with Crippen molar-refractivity contribution < 1.29 is 0 Å². The summed E-state index contributed by atoms with van der Waals surface area (Å²) in [6.07, 6.45) is 2.59. The second-order valence-corrected chi connectivity index (χ2v) is 3.55. The van der Waals surface area contributed by atoms with Gasteiger partial charge >= 0.3 is 0 Å². The molecule has 70 valence electrons. The number of nitrogens with zero attached hydrogens (tertiary/aromatic N) is 1. The fourth-order valence-electron chi connectivity index (χ4n) is 1.76. The van der Waals surface area contributed by atoms with E-state index >= 15 is 0 Å². The molecular formula is C11H16N2. The van der Waals surface area contributed by atoms with E-state index in [1.165, 1.54) is 24.1 Å². The van der Waals surface area contributed by atoms with Crippen LogP contribution in [0.4, 0.5) is 5.69 Å². The van der Waals surface area contributed by atoms with E-state index in [9.17, 15) is 0 Å². The summed E-state index contributed by atoms with van der Waals surface area (Å²) >= 11 is 0. The molecule has 0 amide bonds. The van der Waals surface area contributed by atoms with Gasteiger partial charge in [-0.3, -0.25) is 0 Å². The van der Waals surface area contributed by atoms with E-state index in [1.54, 1.807) is 0 Å². The van der Waals surface area contributed by atoms with Gasteiger partial charge in [-0.2, -0.15) is 0 Å². The van der Waals surface area contributed by atoms with Crippen LogP contribution >= 0.6 is 0 Å². The molecule has 0 bridgehead atoms. The highest BCUT2D eigenvalue weighted by Crippen LogP contribution is 2.19. The average molecular weight is 176 g/mol. The molecule has 0 saturated carbocycles. The summed E-state index contributed by atoms with van der Waals surface area (Å²) in [5.74, 6) is 0. The van der Waals surface area contributed by atoms with Crippen LogP contribution in [-0.2, 0) is 0 Å². The molecule has 2 rings (SSSR count). The Morgan fingerprint density at radius 2 is 2.08 bits per heavy atom. The van der Waals surface area contributed by atoms with Gasteiger partial charge in [-0.25, -0.2) is 5.43 Å². The summed E-state index contributed by atoms with van der Waals surface area (Å²) < 4.78 is 0. The van der Waals surface area contributed by atoms with Gasteiger partial charge < -0.3 is 5.01 Å². The lowest BCUT2D eigenvalue weighted by atomic mass is 10.1. The molecule has 1 saturated heterocycles. The van der Waals surface area contributed by atoms with Crippen molar-refractivity contribution in [1.82, 2.24) is 5.43 Å². The number of rotatable bonds is 1. The van der Waals surface area contributed by atoms with Crippen LogP contribution in [0, 0.1) is 6.92 Å². The Bertz CT molecular complexity index is 277. The molecule has 2 nitrogen and oxygen atoms in total. The van der Waals surface area contributed by atoms with Crippen LogP contribution in [0.25, 0.3) is 0 Å². The van der Waals surface area contributed by atoms with Crippen LogP contribution in [0.15, 0.2) is 24.3 Å². The molecule has 1 aromatic carbocycles. The quantitative estimate of drug-likeness (QED) is 0.705. The third kappa shape index (κ3) is 1.83. The minimum absolute atomic E-state index is 1.11. The summed E-state index contributed by atoms with van der Waals surface area (Å²) in [5, 5.41) is 2.26. The molecule has 2 heteroatoms. The molecule has 0 atom stereocenters. The maximum Gasteiger partial charge on any atom is 0.0548 e. The van der Waals surface area contributed by atoms with E-state index in [2.05, 4.69) is 41.6 Å². The molecule has 1 aromatic rings. The van der Waals surface area contributed by atoms with E-state index in [4.69, 9.17) is 0 Å². The van der Waals surface area contributed by atoms with Crippen LogP contribution in [-0.4, -0.2) is 13.1 Å². The second-order valence-electron chi connectivity index (χ2n) is 3.55. The highest BCUT2D eigenvalue weighted by molar-refractivity contribution is 5.52. The van der Waals surface area contributed by atoms with Gasteiger partial charge in [0.1, 0.15) is 0 Å². The number of nitrogens with one attached hydrogen (secondary N) is 1. The van der Waals surface area contributed by atoms with E-state index in [-0.39, 0.29) is 0 Å². The summed E-state index contributed by atoms with van der Waals surface area (Å²) in [7, 11) is 0. The molecule has 1 heterocycles. The lowest BCUT2D eigenvalue weighted by molar-refractivity contribution is 0.511. The number of hydrazine groups is 1. The third-order valence-electron chi connectivity index (χ3n) is 2.52. The summed E-state index contributed by atoms with van der Waals surface area (Å²) in [6.45, 7) is 4.39. The largest absolute Gasteiger partial charge is 0.308 e. The van der Waals surface area contributed by atoms with Crippen molar-refractivity contribution in [2.24, 2.45) is 0 Å². The van der Waals surface area contributed by atoms with E-state index in [0.29, 0.717) is 0 Å². The molecule has 13 heavy (non-hydrogen) atoms. The van der Waals surface area contributed by atoms with Crippen molar-refractivity contribution in [3.8, 4) is 0 Å². The van der Waals surface area contributed by atoms with Crippen molar-refractivity contribution in [2.75, 3.05) is 18.1 Å². The predicted molar refractivity (Wildman–Crippen MR) is 55.8 cm³/mol. The zero-order valence-electron chi connectivity index (χ0n) is 8.09. The lowest BCUT2D eigenvalue weighted by Gasteiger charge is -2.30. The number of hydrogen-bond acceptors (Lipinski definition) is 2. The number of benzene rings is 1. The van der Waals surface area contributed by atoms with Gasteiger partial charge in [-0.1, -0.05) is 18.2 Å². The Morgan fingerprint density at radius 3 is 2.77 bits per heavy atom. The van der Waals surface area contributed by atoms with Gasteiger partial charge in [0.15, 0.2) is 0 Å². The number of aryl methyl sites for hydroxylation is 1. The molecule has 1 fully saturated rings. The molecular weight excluding hydrogens is 160 g/mol. The Kier molecular flexibility index (Phi) is 2.50. The molecule has 0 aromatic heterocycles. The highest BCUT2D eigenvalue weighted by Gasteiger charge is 2.10. The molecule has 0 unspecified atom stereocenters. The van der Waals surface area contributed by atoms with Crippen molar-refractivity contribution in [3.05, 3.63) is 29.8 Å². The second kappa shape index (κ2) is 3.79. The van der Waals surface area contributed by atoms with Crippen molar-refractivity contribution in [1.29, 1.82) is 0 Å². The van der Waals surface area contributed by atoms with Gasteiger partial charge in [-0.15, -0.1) is 0 Å². The monoisotopic (exact) mass is 176 g/mol. The number of anilines is 1. The van der Waals surface area contributed by atoms with Crippen LogP contribution in [0.1, 0.15) is 18.4 Å². The van der Waals surface area contributed by atoms with Crippen LogP contribution < -0.4 is 10.4 Å². The Hall–Kier alpha value is -1.02. The molecule has 0 radical (unpaired) electrons. The first-order chi connectivity index (χ1) is 6.38. The van der Waals surface area contributed by atoms with Gasteiger partial charge in [0.2, 0.25) is 0 Å². The van der Waals surface area contributed by atoms with Crippen molar-refractivity contribution in [2.45, 2.75) is 19.8 Å². The predicted octanol–water partition coefficient (Wildman–Crippen LogP) is 2.10. The van der Waals surface area contributed by atoms with Crippen LogP contribution in [0.3, 0.4) is 0 Å². The maximum atomic E-state index is 3.41. The minimum atomic E-state index is 1.11. The summed E-state index contributed by atoms with van der Waals surface area (Å²) in [4.78, 5) is 0. The van der Waals surface area contributed by atoms with E-state index < -0.39 is 0 Å². The molecule has 1 aliphatic rings. The lowest BCUT2D eigenvalue weighted by Crippen LogP contribution is -2.43. The standard InChI is InChI=1S/C11H16N2/c1-10-6-2-3-7-11(10)13-9-5-4-8-12-13/h2-3,6-7,12H,4-5,8-9H2,1H3. The maximum absolute atomic E-state index is 3.41. The van der Waals surface area contributed by atoms with Gasteiger partial charge in [0.05, 0.1) is 5.69 Å². The fraction of sp³-hybridized carbons (Fsp3) is 0.455. The Labute approximate surface area is 79.5 Å². The topological polar surface area (TPSA) is 15.3 Å². The minimum Gasteiger partial charge on any atom is -0.308 e. The van der Waals surface area contributed by atoms with Gasteiger partial charge in [0.25, 0.3) is 0 Å².